The van der Waals surface area contributed by atoms with Gasteiger partial charge in [-0.1, -0.05) is 12.1 Å². The third-order valence-electron chi connectivity index (χ3n) is 3.30. The summed E-state index contributed by atoms with van der Waals surface area (Å²) in [6.45, 7) is 1.88. The molecule has 0 unspecified atom stereocenters. The summed E-state index contributed by atoms with van der Waals surface area (Å²) < 4.78 is 0. The Morgan fingerprint density at radius 1 is 1.04 bits per heavy atom. The standard InChI is InChI=1S/C17H14N2O4S/c1-9-2-4-12(20)11(6-9)18-17-19-16(23)15(24-17)8-10-3-5-13(21)14(22)7-10/h2-8,20-22H,1H3,(H,18,19,23)/b15-8-. The molecule has 0 aliphatic carbocycles. The molecule has 0 spiro atoms. The van der Waals surface area contributed by atoms with Crippen LogP contribution in [-0.2, 0) is 4.79 Å². The third-order valence-corrected chi connectivity index (χ3v) is 4.21. The molecule has 2 aromatic carbocycles. The fourth-order valence-corrected chi connectivity index (χ4v) is 2.93. The molecule has 122 valence electrons. The number of carbonyl (C=O) groups excluding carboxylic acids is 1. The topological polar surface area (TPSA) is 102 Å². The van der Waals surface area contributed by atoms with Crippen molar-refractivity contribution < 1.29 is 20.1 Å². The minimum Gasteiger partial charge on any atom is -0.506 e. The molecular formula is C17H14N2O4S. The van der Waals surface area contributed by atoms with Gasteiger partial charge in [0, 0.05) is 0 Å². The number of hydrogen-bond donors (Lipinski definition) is 4. The summed E-state index contributed by atoms with van der Waals surface area (Å²) >= 11 is 1.13. The average molecular weight is 342 g/mol. The number of benzene rings is 2. The number of nitrogens with one attached hydrogen (secondary N) is 1. The molecule has 4 N–H and O–H groups in total. The van der Waals surface area contributed by atoms with Crippen LogP contribution in [0, 0.1) is 6.92 Å². The number of aliphatic imine (C=N–C) groups is 1. The maximum atomic E-state index is 12.0. The SMILES string of the molecule is Cc1ccc(O)c(N=C2NC(=O)/C(=C/c3ccc(O)c(O)c3)S2)c1. The van der Waals surface area contributed by atoms with Gasteiger partial charge < -0.3 is 20.6 Å². The third kappa shape index (κ3) is 3.36. The number of amidine groups is 1. The first kappa shape index (κ1) is 15.9. The zero-order valence-electron chi connectivity index (χ0n) is 12.6. The molecule has 1 heterocycles. The van der Waals surface area contributed by atoms with E-state index in [1.807, 2.05) is 6.92 Å². The Kier molecular flexibility index (Phi) is 4.18. The Morgan fingerprint density at radius 2 is 1.79 bits per heavy atom. The molecule has 0 radical (unpaired) electrons. The highest BCUT2D eigenvalue weighted by Gasteiger charge is 2.24. The fourth-order valence-electron chi connectivity index (χ4n) is 2.09. The summed E-state index contributed by atoms with van der Waals surface area (Å²) in [7, 11) is 0. The molecule has 1 saturated heterocycles. The van der Waals surface area contributed by atoms with E-state index in [0.29, 0.717) is 21.3 Å². The highest BCUT2D eigenvalue weighted by molar-refractivity contribution is 8.18. The first-order valence-corrected chi connectivity index (χ1v) is 7.85. The van der Waals surface area contributed by atoms with Gasteiger partial charge in [0.15, 0.2) is 16.7 Å². The van der Waals surface area contributed by atoms with Crippen LogP contribution in [-0.4, -0.2) is 26.4 Å². The first-order valence-electron chi connectivity index (χ1n) is 7.03. The van der Waals surface area contributed by atoms with E-state index in [9.17, 15) is 20.1 Å². The first-order chi connectivity index (χ1) is 11.4. The number of thioether (sulfide) groups is 1. The van der Waals surface area contributed by atoms with Gasteiger partial charge >= 0.3 is 0 Å². The molecule has 3 rings (SSSR count). The molecule has 0 aromatic heterocycles. The van der Waals surface area contributed by atoms with E-state index < -0.39 is 0 Å². The van der Waals surface area contributed by atoms with Crippen molar-refractivity contribution in [3.05, 3.63) is 52.4 Å². The Bertz CT molecular complexity index is 890. The van der Waals surface area contributed by atoms with Crippen molar-refractivity contribution in [2.75, 3.05) is 0 Å². The van der Waals surface area contributed by atoms with Crippen molar-refractivity contribution in [2.45, 2.75) is 6.92 Å². The van der Waals surface area contributed by atoms with Crippen molar-refractivity contribution in [3.8, 4) is 17.2 Å². The van der Waals surface area contributed by atoms with Crippen LogP contribution in [0.25, 0.3) is 6.08 Å². The van der Waals surface area contributed by atoms with Gasteiger partial charge in [0.25, 0.3) is 5.91 Å². The Balaban J connectivity index is 1.87. The molecule has 1 aliphatic rings. The van der Waals surface area contributed by atoms with E-state index in [1.165, 1.54) is 12.1 Å². The Hall–Kier alpha value is -2.93. The van der Waals surface area contributed by atoms with E-state index in [1.54, 1.807) is 30.3 Å². The number of phenols is 3. The van der Waals surface area contributed by atoms with Gasteiger partial charge in [-0.3, -0.25) is 4.79 Å². The minimum absolute atomic E-state index is 0.0313. The van der Waals surface area contributed by atoms with Gasteiger partial charge in [-0.25, -0.2) is 4.99 Å². The van der Waals surface area contributed by atoms with E-state index in [-0.39, 0.29) is 23.2 Å². The number of rotatable bonds is 2. The van der Waals surface area contributed by atoms with Gasteiger partial charge in [0.1, 0.15) is 11.4 Å². The number of nitrogens with zero attached hydrogens (tertiary/aromatic N) is 1. The molecular weight excluding hydrogens is 328 g/mol. The van der Waals surface area contributed by atoms with Crippen LogP contribution < -0.4 is 5.32 Å². The lowest BCUT2D eigenvalue weighted by Gasteiger charge is -2.01. The minimum atomic E-state index is -0.321. The van der Waals surface area contributed by atoms with Crippen LogP contribution >= 0.6 is 11.8 Å². The summed E-state index contributed by atoms with van der Waals surface area (Å²) in [4.78, 5) is 16.7. The van der Waals surface area contributed by atoms with Crippen LogP contribution in [0.15, 0.2) is 46.3 Å². The van der Waals surface area contributed by atoms with Gasteiger partial charge in [0.05, 0.1) is 4.91 Å². The molecule has 2 aromatic rings. The van der Waals surface area contributed by atoms with Crippen molar-refractivity contribution in [1.29, 1.82) is 0 Å². The predicted octanol–water partition coefficient (Wildman–Crippen LogP) is 3.00. The second-order valence-electron chi connectivity index (χ2n) is 5.22. The largest absolute Gasteiger partial charge is 0.506 e. The highest BCUT2D eigenvalue weighted by atomic mass is 32.2. The van der Waals surface area contributed by atoms with Gasteiger partial charge in [0.2, 0.25) is 0 Å². The van der Waals surface area contributed by atoms with Crippen molar-refractivity contribution in [3.63, 3.8) is 0 Å². The normalized spacial score (nSPS) is 17.5. The molecule has 1 amide bonds. The monoisotopic (exact) mass is 342 g/mol. The van der Waals surface area contributed by atoms with E-state index in [2.05, 4.69) is 10.3 Å². The van der Waals surface area contributed by atoms with Crippen LogP contribution in [0.2, 0.25) is 0 Å². The average Bonchev–Trinajstić information content (AvgIpc) is 2.86. The van der Waals surface area contributed by atoms with Crippen LogP contribution in [0.3, 0.4) is 0 Å². The van der Waals surface area contributed by atoms with Crippen molar-refractivity contribution in [1.82, 2.24) is 5.32 Å². The lowest BCUT2D eigenvalue weighted by molar-refractivity contribution is -0.115. The molecule has 1 fully saturated rings. The van der Waals surface area contributed by atoms with Gasteiger partial charge in [-0.15, -0.1) is 0 Å². The zero-order valence-corrected chi connectivity index (χ0v) is 13.5. The summed E-state index contributed by atoms with van der Waals surface area (Å²) in [5.41, 5.74) is 1.89. The van der Waals surface area contributed by atoms with Gasteiger partial charge in [-0.2, -0.15) is 0 Å². The number of aryl methyl sites for hydroxylation is 1. The maximum Gasteiger partial charge on any atom is 0.264 e. The van der Waals surface area contributed by atoms with Crippen LogP contribution in [0.1, 0.15) is 11.1 Å². The highest BCUT2D eigenvalue weighted by Crippen LogP contribution is 2.33. The summed E-state index contributed by atoms with van der Waals surface area (Å²) in [6.07, 6.45) is 1.58. The van der Waals surface area contributed by atoms with E-state index in [0.717, 1.165) is 17.3 Å². The summed E-state index contributed by atoms with van der Waals surface area (Å²) in [5.74, 6) is -0.772. The second kappa shape index (κ2) is 6.29. The molecule has 0 bridgehead atoms. The molecule has 0 atom stereocenters. The zero-order chi connectivity index (χ0) is 17.3. The lowest BCUT2D eigenvalue weighted by Crippen LogP contribution is -2.19. The number of phenolic OH excluding ortho intramolecular Hbond substituents is 3. The molecule has 6 nitrogen and oxygen atoms in total. The fraction of sp³-hybridized carbons (Fsp3) is 0.0588. The van der Waals surface area contributed by atoms with Crippen molar-refractivity contribution >= 4 is 34.6 Å². The van der Waals surface area contributed by atoms with Crippen LogP contribution in [0.5, 0.6) is 17.2 Å². The van der Waals surface area contributed by atoms with Crippen LogP contribution in [0.4, 0.5) is 5.69 Å². The number of carbonyl (C=O) groups is 1. The number of hydrogen-bond acceptors (Lipinski definition) is 6. The molecule has 1 aliphatic heterocycles. The van der Waals surface area contributed by atoms with E-state index >= 15 is 0 Å². The Morgan fingerprint density at radius 3 is 2.54 bits per heavy atom. The number of aromatic hydroxyl groups is 3. The summed E-state index contributed by atoms with van der Waals surface area (Å²) in [5, 5.41) is 31.6. The second-order valence-corrected chi connectivity index (χ2v) is 6.25. The maximum absolute atomic E-state index is 12.0. The molecule has 0 saturated carbocycles. The quantitative estimate of drug-likeness (QED) is 0.496. The van der Waals surface area contributed by atoms with Crippen molar-refractivity contribution in [2.24, 2.45) is 4.99 Å². The summed E-state index contributed by atoms with van der Waals surface area (Å²) in [6, 6.07) is 9.32. The van der Waals surface area contributed by atoms with E-state index in [4.69, 9.17) is 0 Å². The Labute approximate surface area is 142 Å². The lowest BCUT2D eigenvalue weighted by atomic mass is 10.2. The molecule has 7 heteroatoms. The molecule has 24 heavy (non-hydrogen) atoms. The number of amides is 1. The van der Waals surface area contributed by atoms with Gasteiger partial charge in [-0.05, 0) is 60.2 Å². The predicted molar refractivity (Wildman–Crippen MR) is 93.4 cm³/mol. The smallest absolute Gasteiger partial charge is 0.264 e.